The van der Waals surface area contributed by atoms with Crippen LogP contribution in [0.15, 0.2) is 84.8 Å². The van der Waals surface area contributed by atoms with Gasteiger partial charge in [0.05, 0.1) is 17.4 Å². The van der Waals surface area contributed by atoms with Crippen molar-refractivity contribution < 1.29 is 22.8 Å². The fraction of sp³-hybridized carbons (Fsp3) is 0.343. The molecule has 2 aliphatic rings. The molecule has 2 aromatic carbocycles. The summed E-state index contributed by atoms with van der Waals surface area (Å²) in [6.45, 7) is 4.72. The highest BCUT2D eigenvalue weighted by molar-refractivity contribution is 6.31. The van der Waals surface area contributed by atoms with E-state index in [2.05, 4.69) is 12.2 Å². The van der Waals surface area contributed by atoms with Gasteiger partial charge >= 0.3 is 6.18 Å². The lowest BCUT2D eigenvalue weighted by Gasteiger charge is -2.36. The monoisotopic (exact) mass is 666 g/mol. The molecule has 1 aromatic heterocycles. The van der Waals surface area contributed by atoms with E-state index in [1.165, 1.54) is 18.2 Å². The van der Waals surface area contributed by atoms with Crippen LogP contribution >= 0.6 is 11.6 Å². The number of hydrazine groups is 1. The number of nitrogens with two attached hydrogens (primary N) is 2. The molecule has 5 rings (SSSR count). The molecular weight excluding hydrogens is 629 g/mol. The van der Waals surface area contributed by atoms with Gasteiger partial charge in [0.25, 0.3) is 0 Å². The first-order valence-corrected chi connectivity index (χ1v) is 15.8. The van der Waals surface area contributed by atoms with Crippen LogP contribution in [-0.2, 0) is 15.0 Å². The molecular formula is C35H38ClF3N6O2. The summed E-state index contributed by atoms with van der Waals surface area (Å²) in [5.41, 5.74) is 7.25. The van der Waals surface area contributed by atoms with E-state index >= 15 is 0 Å². The molecule has 3 unspecified atom stereocenters. The number of benzene rings is 2. The molecule has 3 atom stereocenters. The quantitative estimate of drug-likeness (QED) is 0.215. The van der Waals surface area contributed by atoms with Crippen molar-refractivity contribution in [3.63, 3.8) is 0 Å². The Kier molecular flexibility index (Phi) is 9.97. The molecule has 0 radical (unpaired) electrons. The van der Waals surface area contributed by atoms with Crippen molar-refractivity contribution in [3.8, 4) is 0 Å². The summed E-state index contributed by atoms with van der Waals surface area (Å²) in [5, 5.41) is 4.29. The predicted octanol–water partition coefficient (Wildman–Crippen LogP) is 6.38. The van der Waals surface area contributed by atoms with E-state index in [0.717, 1.165) is 21.8 Å². The van der Waals surface area contributed by atoms with Crippen molar-refractivity contribution in [2.24, 2.45) is 17.5 Å². The third-order valence-corrected chi connectivity index (χ3v) is 9.35. The van der Waals surface area contributed by atoms with Crippen LogP contribution < -0.4 is 21.9 Å². The van der Waals surface area contributed by atoms with Crippen LogP contribution in [0.1, 0.15) is 68.0 Å². The largest absolute Gasteiger partial charge is 0.432 e. The van der Waals surface area contributed by atoms with Crippen LogP contribution in [0.25, 0.3) is 5.57 Å². The molecule has 12 heteroatoms. The Balaban J connectivity index is 1.51. The topological polar surface area (TPSA) is 118 Å². The number of hydrogen-bond acceptors (Lipinski definition) is 6. The standard InChI is InChI=1S/C35H38ClF3N6O2/c1-22-7-6-10-30(28-18-25(13-15-42-28)34(2,21-43-33(22)47)24-8-4-3-5-9-24)44-16-14-23(17-32(44)46)27-19-26(36)11-12-29(27)45(41)20-31(40)35(37,38)39/h3-5,8-9,11-13,15,17-20,22,30H,6-7,10,14,16,21,40-41H2,1-2H3,(H,43,47)/b31-20-. The number of anilines is 1. The highest BCUT2D eigenvalue weighted by atomic mass is 35.5. The fourth-order valence-electron chi connectivity index (χ4n) is 6.26. The zero-order valence-electron chi connectivity index (χ0n) is 26.2. The maximum absolute atomic E-state index is 13.9. The normalized spacial score (nSPS) is 22.9. The molecule has 248 valence electrons. The highest BCUT2D eigenvalue weighted by Gasteiger charge is 2.35. The number of fused-ring (bicyclic) bond motifs is 2. The summed E-state index contributed by atoms with van der Waals surface area (Å²) in [5.74, 6) is 5.50. The van der Waals surface area contributed by atoms with Gasteiger partial charge in [0, 0.05) is 53.5 Å². The van der Waals surface area contributed by atoms with Crippen molar-refractivity contribution in [1.29, 1.82) is 0 Å². The number of rotatable bonds is 5. The van der Waals surface area contributed by atoms with Gasteiger partial charge in [-0.3, -0.25) is 19.6 Å². The molecule has 0 saturated carbocycles. The van der Waals surface area contributed by atoms with Crippen molar-refractivity contribution >= 4 is 34.7 Å². The third-order valence-electron chi connectivity index (χ3n) is 9.12. The Bertz CT molecular complexity index is 1700. The Labute approximate surface area is 277 Å². The minimum atomic E-state index is -4.76. The van der Waals surface area contributed by atoms with Crippen molar-refractivity contribution in [3.05, 3.63) is 112 Å². The zero-order chi connectivity index (χ0) is 33.9. The van der Waals surface area contributed by atoms with Gasteiger partial charge in [-0.15, -0.1) is 0 Å². The Morgan fingerprint density at radius 2 is 1.85 bits per heavy atom. The van der Waals surface area contributed by atoms with E-state index in [0.29, 0.717) is 61.1 Å². The van der Waals surface area contributed by atoms with Crippen LogP contribution in [-0.4, -0.2) is 41.0 Å². The SMILES string of the molecule is CC1CCCC(N2CCC(c3cc(Cl)ccc3N(N)/C=C(\N)C(F)(F)F)=CC2=O)c2cc(ccn2)C(C)(c2ccccc2)CNC1=O. The summed E-state index contributed by atoms with van der Waals surface area (Å²) in [7, 11) is 0. The number of nitrogens with zero attached hydrogens (tertiary/aromatic N) is 3. The lowest BCUT2D eigenvalue weighted by molar-refractivity contribution is -0.129. The summed E-state index contributed by atoms with van der Waals surface area (Å²) >= 11 is 6.28. The van der Waals surface area contributed by atoms with E-state index < -0.39 is 17.3 Å². The second-order valence-corrected chi connectivity index (χ2v) is 12.8. The van der Waals surface area contributed by atoms with Crippen molar-refractivity contribution in [2.45, 2.75) is 57.2 Å². The average Bonchev–Trinajstić information content (AvgIpc) is 3.05. The van der Waals surface area contributed by atoms with Crippen LogP contribution in [0.2, 0.25) is 5.02 Å². The van der Waals surface area contributed by atoms with Gasteiger partial charge in [-0.05, 0) is 73.2 Å². The second kappa shape index (κ2) is 13.8. The molecule has 2 bridgehead atoms. The molecule has 0 spiro atoms. The first-order valence-electron chi connectivity index (χ1n) is 15.5. The molecule has 3 aromatic rings. The van der Waals surface area contributed by atoms with Crippen molar-refractivity contribution in [1.82, 2.24) is 15.2 Å². The molecule has 0 aliphatic carbocycles. The van der Waals surface area contributed by atoms with E-state index in [1.54, 1.807) is 17.2 Å². The number of aromatic nitrogens is 1. The fourth-order valence-corrected chi connectivity index (χ4v) is 6.43. The molecule has 5 N–H and O–H groups in total. The van der Waals surface area contributed by atoms with E-state index in [1.807, 2.05) is 49.4 Å². The first-order chi connectivity index (χ1) is 22.3. The molecule has 47 heavy (non-hydrogen) atoms. The summed E-state index contributed by atoms with van der Waals surface area (Å²) in [4.78, 5) is 33.5. The number of allylic oxidation sites excluding steroid dienone is 1. The summed E-state index contributed by atoms with van der Waals surface area (Å²) < 4.78 is 39.4. The first kappa shape index (κ1) is 34.0. The van der Waals surface area contributed by atoms with Crippen LogP contribution in [0.3, 0.4) is 0 Å². The Morgan fingerprint density at radius 3 is 2.55 bits per heavy atom. The van der Waals surface area contributed by atoms with Crippen LogP contribution in [0.5, 0.6) is 0 Å². The van der Waals surface area contributed by atoms with Gasteiger partial charge in [0.15, 0.2) is 0 Å². The van der Waals surface area contributed by atoms with Gasteiger partial charge in [0.1, 0.15) is 5.70 Å². The number of nitrogens with one attached hydrogen (secondary N) is 1. The third kappa shape index (κ3) is 7.47. The smallest absolute Gasteiger partial charge is 0.393 e. The van der Waals surface area contributed by atoms with Gasteiger partial charge < -0.3 is 16.0 Å². The van der Waals surface area contributed by atoms with E-state index in [9.17, 15) is 22.8 Å². The Morgan fingerprint density at radius 1 is 1.11 bits per heavy atom. The number of carbonyl (C=O) groups is 2. The maximum Gasteiger partial charge on any atom is 0.432 e. The minimum Gasteiger partial charge on any atom is -0.393 e. The number of pyridine rings is 1. The molecule has 2 aliphatic heterocycles. The molecule has 2 amide bonds. The van der Waals surface area contributed by atoms with Gasteiger partial charge in [-0.25, -0.2) is 5.84 Å². The Hall–Kier alpha value is -4.35. The second-order valence-electron chi connectivity index (χ2n) is 12.3. The van der Waals surface area contributed by atoms with Gasteiger partial charge in [0.2, 0.25) is 11.8 Å². The summed E-state index contributed by atoms with van der Waals surface area (Å²) in [6, 6.07) is 18.1. The highest BCUT2D eigenvalue weighted by Crippen LogP contribution is 2.38. The van der Waals surface area contributed by atoms with Gasteiger partial charge in [-0.2, -0.15) is 13.2 Å². The minimum absolute atomic E-state index is 0.0155. The van der Waals surface area contributed by atoms with Gasteiger partial charge in [-0.1, -0.05) is 55.3 Å². The molecule has 8 nitrogen and oxygen atoms in total. The average molecular weight is 667 g/mol. The number of alkyl halides is 3. The van der Waals surface area contributed by atoms with E-state index in [4.69, 9.17) is 28.2 Å². The van der Waals surface area contributed by atoms with E-state index in [-0.39, 0.29) is 29.5 Å². The zero-order valence-corrected chi connectivity index (χ0v) is 27.0. The number of carbonyl (C=O) groups excluding carboxylic acids is 2. The summed E-state index contributed by atoms with van der Waals surface area (Å²) in [6.07, 6.45) is 1.37. The lowest BCUT2D eigenvalue weighted by Crippen LogP contribution is -2.42. The number of halogens is 4. The number of hydrogen-bond donors (Lipinski definition) is 3. The maximum atomic E-state index is 13.9. The molecule has 0 saturated heterocycles. The van der Waals surface area contributed by atoms with Crippen LogP contribution in [0, 0.1) is 5.92 Å². The lowest BCUT2D eigenvalue weighted by atomic mass is 9.75. The molecule has 3 heterocycles. The van der Waals surface area contributed by atoms with Crippen LogP contribution in [0.4, 0.5) is 18.9 Å². The predicted molar refractivity (Wildman–Crippen MR) is 177 cm³/mol. The molecule has 0 fully saturated rings. The number of amides is 2. The van der Waals surface area contributed by atoms with Crippen molar-refractivity contribution in [2.75, 3.05) is 18.1 Å².